The quantitative estimate of drug-likeness (QED) is 0.566. The van der Waals surface area contributed by atoms with E-state index in [-0.39, 0.29) is 0 Å². The van der Waals surface area contributed by atoms with Crippen LogP contribution in [-0.4, -0.2) is 0 Å². The molecule has 0 spiro atoms. The molecule has 1 aromatic carbocycles. The fourth-order valence-electron chi connectivity index (χ4n) is 1.41. The Hall–Kier alpha value is -0.820. The Morgan fingerprint density at radius 3 is 3.40 bits per heavy atom. The molecular weight excluding hydrogens is 122 g/mol. The summed E-state index contributed by atoms with van der Waals surface area (Å²) in [5, 5.41) is 3.35. The predicted molar refractivity (Wildman–Crippen MR) is 40.5 cm³/mol. The number of nitrogens with one attached hydrogen (secondary N) is 1. The first-order valence-electron chi connectivity index (χ1n) is 3.61. The molecule has 1 aliphatic heterocycles. The number of hydrogen-bond donors (Lipinski definition) is 1. The molecule has 1 heterocycles. The molecule has 1 atom stereocenters. The van der Waals surface area contributed by atoms with Crippen LogP contribution in [0.3, 0.4) is 0 Å². The van der Waals surface area contributed by atoms with Gasteiger partial charge in [0.15, 0.2) is 0 Å². The highest BCUT2D eigenvalue weighted by molar-refractivity contribution is 5.31. The van der Waals surface area contributed by atoms with Gasteiger partial charge in [-0.05, 0) is 24.1 Å². The van der Waals surface area contributed by atoms with Crippen molar-refractivity contribution in [3.05, 3.63) is 35.4 Å². The molecule has 0 amide bonds. The van der Waals surface area contributed by atoms with Gasteiger partial charge in [-0.15, -0.1) is 0 Å². The van der Waals surface area contributed by atoms with Crippen LogP contribution in [-0.2, 0) is 6.54 Å². The van der Waals surface area contributed by atoms with Gasteiger partial charge >= 0.3 is 0 Å². The fraction of sp³-hybridized carbons (Fsp3) is 0.333. The van der Waals surface area contributed by atoms with E-state index >= 15 is 0 Å². The van der Waals surface area contributed by atoms with Crippen molar-refractivity contribution in [1.82, 2.24) is 5.32 Å². The second kappa shape index (κ2) is 2.10. The highest BCUT2D eigenvalue weighted by Crippen LogP contribution is 2.22. The van der Waals surface area contributed by atoms with Crippen molar-refractivity contribution in [3.8, 4) is 0 Å². The molecule has 1 aromatic rings. The number of hydrogen-bond acceptors (Lipinski definition) is 1. The highest BCUT2D eigenvalue weighted by Gasteiger charge is 2.15. The van der Waals surface area contributed by atoms with E-state index in [9.17, 15) is 0 Å². The third-order valence-electron chi connectivity index (χ3n) is 2.03. The Morgan fingerprint density at radius 1 is 1.70 bits per heavy atom. The summed E-state index contributed by atoms with van der Waals surface area (Å²) in [5.74, 6) is 0. The van der Waals surface area contributed by atoms with Crippen molar-refractivity contribution in [3.63, 3.8) is 0 Å². The minimum absolute atomic E-state index is 0.521. The van der Waals surface area contributed by atoms with Crippen LogP contribution in [0.4, 0.5) is 0 Å². The lowest BCUT2D eigenvalue weighted by Gasteiger charge is -2.01. The normalized spacial score (nSPS) is 22.7. The Kier molecular flexibility index (Phi) is 1.24. The Morgan fingerprint density at radius 2 is 2.60 bits per heavy atom. The Bertz CT molecular complexity index is 242. The third-order valence-corrected chi connectivity index (χ3v) is 2.03. The van der Waals surface area contributed by atoms with Crippen LogP contribution in [0.25, 0.3) is 0 Å². The van der Waals surface area contributed by atoms with Crippen molar-refractivity contribution >= 4 is 0 Å². The highest BCUT2D eigenvalue weighted by atomic mass is 14.9. The van der Waals surface area contributed by atoms with Crippen LogP contribution in [0.2, 0.25) is 0 Å². The molecular formula is C9H10N. The maximum Gasteiger partial charge on any atom is 0.0298 e. The Balaban J connectivity index is 2.51. The molecule has 0 aromatic heterocycles. The molecule has 0 bridgehead atoms. The van der Waals surface area contributed by atoms with Gasteiger partial charge in [0.1, 0.15) is 0 Å². The summed E-state index contributed by atoms with van der Waals surface area (Å²) in [5.41, 5.74) is 2.73. The minimum atomic E-state index is 0.521. The smallest absolute Gasteiger partial charge is 0.0298 e. The first-order valence-corrected chi connectivity index (χ1v) is 3.61. The van der Waals surface area contributed by atoms with Crippen molar-refractivity contribution in [2.45, 2.75) is 19.5 Å². The van der Waals surface area contributed by atoms with E-state index in [4.69, 9.17) is 0 Å². The lowest BCUT2D eigenvalue weighted by atomic mass is 10.1. The van der Waals surface area contributed by atoms with E-state index in [0.29, 0.717) is 6.04 Å². The average Bonchev–Trinajstić information content (AvgIpc) is 2.34. The van der Waals surface area contributed by atoms with Gasteiger partial charge in [0.05, 0.1) is 0 Å². The summed E-state index contributed by atoms with van der Waals surface area (Å²) < 4.78 is 0. The van der Waals surface area contributed by atoms with Crippen molar-refractivity contribution in [1.29, 1.82) is 0 Å². The zero-order valence-electron chi connectivity index (χ0n) is 6.02. The molecule has 1 nitrogen and oxygen atoms in total. The second-order valence-electron chi connectivity index (χ2n) is 2.71. The summed E-state index contributed by atoms with van der Waals surface area (Å²) in [6, 6.07) is 9.92. The number of fused-ring (bicyclic) bond motifs is 1. The Labute approximate surface area is 61.1 Å². The molecule has 1 radical (unpaired) electrons. The molecule has 0 saturated heterocycles. The second-order valence-corrected chi connectivity index (χ2v) is 2.71. The van der Waals surface area contributed by atoms with Crippen LogP contribution in [0.1, 0.15) is 24.1 Å². The average molecular weight is 132 g/mol. The molecule has 0 saturated carbocycles. The van der Waals surface area contributed by atoms with Crippen LogP contribution in [0.15, 0.2) is 18.2 Å². The van der Waals surface area contributed by atoms with Gasteiger partial charge in [-0.3, -0.25) is 0 Å². The summed E-state index contributed by atoms with van der Waals surface area (Å²) >= 11 is 0. The molecule has 2 rings (SSSR count). The molecule has 51 valence electrons. The van der Waals surface area contributed by atoms with E-state index in [1.165, 1.54) is 11.1 Å². The molecule has 0 fully saturated rings. The van der Waals surface area contributed by atoms with Crippen LogP contribution < -0.4 is 5.32 Å². The summed E-state index contributed by atoms with van der Waals surface area (Å²) in [6.07, 6.45) is 0. The standard InChI is InChI=1S/C9H10N/c1-7-9-5-3-2-4-8(9)6-10-7/h2-3,5,7,10H,6H2,1H3. The first kappa shape index (κ1) is 5.93. The SMILES string of the molecule is CC1NCc2[c]cccc21. The molecule has 1 heteroatoms. The molecule has 10 heavy (non-hydrogen) atoms. The first-order chi connectivity index (χ1) is 4.88. The van der Waals surface area contributed by atoms with Crippen molar-refractivity contribution in [2.75, 3.05) is 0 Å². The van der Waals surface area contributed by atoms with Crippen LogP contribution in [0, 0.1) is 6.07 Å². The molecule has 1 aliphatic rings. The molecule has 1 N–H and O–H groups in total. The number of benzene rings is 1. The van der Waals surface area contributed by atoms with Gasteiger partial charge in [-0.1, -0.05) is 18.2 Å². The summed E-state index contributed by atoms with van der Waals surface area (Å²) in [4.78, 5) is 0. The largest absolute Gasteiger partial charge is 0.306 e. The number of rotatable bonds is 0. The maximum atomic E-state index is 3.35. The van der Waals surface area contributed by atoms with Gasteiger partial charge in [-0.2, -0.15) is 0 Å². The van der Waals surface area contributed by atoms with Gasteiger partial charge in [0.25, 0.3) is 0 Å². The van der Waals surface area contributed by atoms with E-state index in [0.717, 1.165) is 6.54 Å². The predicted octanol–water partition coefficient (Wildman–Crippen LogP) is 1.65. The maximum absolute atomic E-state index is 3.35. The lowest BCUT2D eigenvalue weighted by Crippen LogP contribution is -2.06. The molecule has 1 unspecified atom stereocenters. The van der Waals surface area contributed by atoms with Crippen molar-refractivity contribution in [2.24, 2.45) is 0 Å². The van der Waals surface area contributed by atoms with E-state index in [1.807, 2.05) is 12.1 Å². The van der Waals surface area contributed by atoms with E-state index < -0.39 is 0 Å². The van der Waals surface area contributed by atoms with E-state index in [2.05, 4.69) is 24.4 Å². The van der Waals surface area contributed by atoms with Gasteiger partial charge < -0.3 is 5.32 Å². The lowest BCUT2D eigenvalue weighted by molar-refractivity contribution is 0.633. The van der Waals surface area contributed by atoms with Crippen molar-refractivity contribution < 1.29 is 0 Å². The fourth-order valence-corrected chi connectivity index (χ4v) is 1.41. The van der Waals surface area contributed by atoms with Crippen LogP contribution in [0.5, 0.6) is 0 Å². The van der Waals surface area contributed by atoms with Gasteiger partial charge in [-0.25, -0.2) is 0 Å². The molecule has 0 aliphatic carbocycles. The monoisotopic (exact) mass is 132 g/mol. The van der Waals surface area contributed by atoms with Gasteiger partial charge in [0.2, 0.25) is 0 Å². The third kappa shape index (κ3) is 0.745. The topological polar surface area (TPSA) is 12.0 Å². The zero-order chi connectivity index (χ0) is 6.97. The zero-order valence-corrected chi connectivity index (χ0v) is 6.02. The van der Waals surface area contributed by atoms with Crippen LogP contribution >= 0.6 is 0 Å². The van der Waals surface area contributed by atoms with Gasteiger partial charge in [0, 0.05) is 12.6 Å². The summed E-state index contributed by atoms with van der Waals surface area (Å²) in [6.45, 7) is 3.16. The summed E-state index contributed by atoms with van der Waals surface area (Å²) in [7, 11) is 0. The minimum Gasteiger partial charge on any atom is -0.306 e. The van der Waals surface area contributed by atoms with E-state index in [1.54, 1.807) is 0 Å².